The molecule has 4 aliphatic rings. The Bertz CT molecular complexity index is 1500. The van der Waals surface area contributed by atoms with E-state index in [1.807, 2.05) is 19.1 Å². The molecule has 2 aromatic carbocycles. The molecular formula is C32H39ClN2O6S. The minimum absolute atomic E-state index is 0.0445. The van der Waals surface area contributed by atoms with E-state index in [9.17, 15) is 18.3 Å². The first-order valence-corrected chi connectivity index (χ1v) is 16.8. The summed E-state index contributed by atoms with van der Waals surface area (Å²) in [6.07, 6.45) is 6.48. The molecule has 3 heterocycles. The molecule has 0 unspecified atom stereocenters. The topological polar surface area (TPSA) is 105 Å². The zero-order valence-corrected chi connectivity index (χ0v) is 25.7. The van der Waals surface area contributed by atoms with Crippen LogP contribution in [0.3, 0.4) is 0 Å². The number of hydrogen-bond acceptors (Lipinski definition) is 7. The van der Waals surface area contributed by atoms with Crippen molar-refractivity contribution in [2.24, 2.45) is 11.8 Å². The highest BCUT2D eigenvalue weighted by Crippen LogP contribution is 2.45. The van der Waals surface area contributed by atoms with Crippen LogP contribution in [0.25, 0.3) is 0 Å². The lowest BCUT2D eigenvalue weighted by atomic mass is 9.70. The lowest BCUT2D eigenvalue weighted by Gasteiger charge is -2.41. The SMILES string of the molecule is C[C@@H]1[C@@H](C)C/C=C/[C@H](O)[C@@H]2OCC[C@H]2CN2C[C@@]3(CCCc4cc(Cl)ccc43)COc3ccc(cc32)C(=O)NS1(=O)=O. The highest BCUT2D eigenvalue weighted by molar-refractivity contribution is 7.90. The van der Waals surface area contributed by atoms with E-state index in [0.717, 1.165) is 36.4 Å². The second kappa shape index (κ2) is 11.5. The summed E-state index contributed by atoms with van der Waals surface area (Å²) in [5.74, 6) is -0.240. The highest BCUT2D eigenvalue weighted by Gasteiger charge is 2.44. The van der Waals surface area contributed by atoms with E-state index in [4.69, 9.17) is 21.1 Å². The van der Waals surface area contributed by atoms with E-state index < -0.39 is 33.4 Å². The molecule has 1 saturated heterocycles. The Kier molecular flexibility index (Phi) is 8.06. The zero-order chi connectivity index (χ0) is 29.6. The number of amides is 1. The minimum Gasteiger partial charge on any atom is -0.490 e. The van der Waals surface area contributed by atoms with E-state index in [1.165, 1.54) is 11.1 Å². The van der Waals surface area contributed by atoms with Gasteiger partial charge in [0.05, 0.1) is 29.8 Å². The van der Waals surface area contributed by atoms with Crippen LogP contribution in [0, 0.1) is 11.8 Å². The number of rotatable bonds is 0. The third-order valence-corrected chi connectivity index (χ3v) is 11.9. The van der Waals surface area contributed by atoms with Gasteiger partial charge in [0.15, 0.2) is 0 Å². The number of ether oxygens (including phenoxy) is 2. The van der Waals surface area contributed by atoms with Crippen molar-refractivity contribution in [2.75, 3.05) is 31.2 Å². The molecule has 8 nitrogen and oxygen atoms in total. The number of carbonyl (C=O) groups is 1. The summed E-state index contributed by atoms with van der Waals surface area (Å²) in [4.78, 5) is 15.6. The van der Waals surface area contributed by atoms with E-state index in [1.54, 1.807) is 31.2 Å². The Balaban J connectivity index is 1.44. The average molecular weight is 615 g/mol. The Morgan fingerprint density at radius 3 is 2.83 bits per heavy atom. The van der Waals surface area contributed by atoms with Gasteiger partial charge in [0.1, 0.15) is 5.75 Å². The second-order valence-electron chi connectivity index (χ2n) is 12.5. The first-order chi connectivity index (χ1) is 20.1. The van der Waals surface area contributed by atoms with Gasteiger partial charge in [0, 0.05) is 41.6 Å². The predicted octanol–water partition coefficient (Wildman–Crippen LogP) is 4.62. The zero-order valence-electron chi connectivity index (χ0n) is 24.1. The summed E-state index contributed by atoms with van der Waals surface area (Å²) in [5.41, 5.74) is 3.15. The fraction of sp³-hybridized carbons (Fsp3) is 0.531. The Hall–Kier alpha value is -2.59. The van der Waals surface area contributed by atoms with Crippen LogP contribution in [0.4, 0.5) is 5.69 Å². The van der Waals surface area contributed by atoms with Gasteiger partial charge in [0.25, 0.3) is 5.91 Å². The maximum atomic E-state index is 13.3. The number of carbonyl (C=O) groups excluding carboxylic acids is 1. The Labute approximate surface area is 253 Å². The standard InChI is InChI=1S/C32H39ClN2O6S/c1-20-5-3-7-28(36)30-24(12-14-40-30)17-35-18-32(13-4-6-22-15-25(33)9-10-26(22)32)19-41-29-11-8-23(16-27(29)35)31(37)34-42(38,39)21(20)2/h3,7-11,15-16,20-21,24,28,30,36H,4-6,12-14,17-19H2,1-2H3,(H,34,37)/b7-3+/t20-,21+,24-,28-,30+,32-/m0/s1. The summed E-state index contributed by atoms with van der Waals surface area (Å²) in [6, 6.07) is 11.2. The molecule has 2 aromatic rings. The van der Waals surface area contributed by atoms with Crippen LogP contribution in [0.15, 0.2) is 48.6 Å². The van der Waals surface area contributed by atoms with Gasteiger partial charge < -0.3 is 19.5 Å². The van der Waals surface area contributed by atoms with Gasteiger partial charge in [-0.25, -0.2) is 13.1 Å². The van der Waals surface area contributed by atoms with Crippen molar-refractivity contribution in [1.29, 1.82) is 0 Å². The highest BCUT2D eigenvalue weighted by atomic mass is 35.5. The summed E-state index contributed by atoms with van der Waals surface area (Å²) < 4.78 is 41.2. The van der Waals surface area contributed by atoms with Gasteiger partial charge in [0.2, 0.25) is 10.0 Å². The summed E-state index contributed by atoms with van der Waals surface area (Å²) >= 11 is 6.38. The number of hydrogen-bond donors (Lipinski definition) is 2. The largest absolute Gasteiger partial charge is 0.490 e. The fourth-order valence-electron chi connectivity index (χ4n) is 7.09. The van der Waals surface area contributed by atoms with Gasteiger partial charge in [-0.05, 0) is 86.4 Å². The quantitative estimate of drug-likeness (QED) is 0.417. The van der Waals surface area contributed by atoms with Crippen LogP contribution in [0.1, 0.15) is 61.0 Å². The Morgan fingerprint density at radius 1 is 1.17 bits per heavy atom. The van der Waals surface area contributed by atoms with Crippen molar-refractivity contribution in [3.63, 3.8) is 0 Å². The number of nitrogens with zero attached hydrogens (tertiary/aromatic N) is 1. The second-order valence-corrected chi connectivity index (χ2v) is 15.0. The van der Waals surface area contributed by atoms with Crippen LogP contribution < -0.4 is 14.4 Å². The van der Waals surface area contributed by atoms with Crippen LogP contribution in [-0.4, -0.2) is 63.2 Å². The normalized spacial score (nSPS) is 33.6. The first-order valence-electron chi connectivity index (χ1n) is 14.9. The smallest absolute Gasteiger partial charge is 0.264 e. The maximum Gasteiger partial charge on any atom is 0.264 e. The molecule has 0 aromatic heterocycles. The van der Waals surface area contributed by atoms with E-state index >= 15 is 0 Å². The van der Waals surface area contributed by atoms with Crippen LogP contribution >= 0.6 is 11.6 Å². The molecule has 1 amide bonds. The molecule has 42 heavy (non-hydrogen) atoms. The molecule has 1 fully saturated rings. The van der Waals surface area contributed by atoms with Crippen molar-refractivity contribution in [2.45, 2.75) is 68.8 Å². The minimum atomic E-state index is -3.94. The van der Waals surface area contributed by atoms with E-state index in [2.05, 4.69) is 21.8 Å². The molecule has 2 N–H and O–H groups in total. The first kappa shape index (κ1) is 29.5. The summed E-state index contributed by atoms with van der Waals surface area (Å²) in [7, 11) is -3.94. The monoisotopic (exact) mass is 614 g/mol. The molecule has 6 atom stereocenters. The fourth-order valence-corrected chi connectivity index (χ4v) is 8.57. The molecule has 226 valence electrons. The molecule has 1 spiro atoms. The van der Waals surface area contributed by atoms with Crippen molar-refractivity contribution >= 4 is 33.2 Å². The number of benzene rings is 2. The number of aliphatic hydroxyl groups is 1. The number of fused-ring (bicyclic) bond motifs is 4. The molecule has 0 saturated carbocycles. The van der Waals surface area contributed by atoms with Gasteiger partial charge in [-0.1, -0.05) is 36.7 Å². The molecule has 1 aliphatic carbocycles. The third-order valence-electron chi connectivity index (χ3n) is 9.72. The molecule has 10 heteroatoms. The average Bonchev–Trinajstić information content (AvgIpc) is 3.36. The van der Waals surface area contributed by atoms with Gasteiger partial charge >= 0.3 is 0 Å². The van der Waals surface area contributed by atoms with Crippen LogP contribution in [-0.2, 0) is 26.6 Å². The van der Waals surface area contributed by atoms with Crippen molar-refractivity contribution in [3.05, 3.63) is 70.3 Å². The lowest BCUT2D eigenvalue weighted by molar-refractivity contribution is 0.00500. The summed E-state index contributed by atoms with van der Waals surface area (Å²) in [5, 5.41) is 11.1. The Morgan fingerprint density at radius 2 is 2.00 bits per heavy atom. The maximum absolute atomic E-state index is 13.3. The van der Waals surface area contributed by atoms with Crippen LogP contribution in [0.2, 0.25) is 5.02 Å². The molecule has 2 bridgehead atoms. The number of sulfonamides is 1. The lowest BCUT2D eigenvalue weighted by Crippen LogP contribution is -2.48. The molecule has 6 rings (SSSR count). The van der Waals surface area contributed by atoms with Crippen molar-refractivity contribution in [3.8, 4) is 5.75 Å². The number of aliphatic hydroxyl groups excluding tert-OH is 1. The van der Waals surface area contributed by atoms with Gasteiger partial charge in [-0.2, -0.15) is 0 Å². The van der Waals surface area contributed by atoms with Gasteiger partial charge in [-0.3, -0.25) is 4.79 Å². The van der Waals surface area contributed by atoms with E-state index in [-0.39, 0.29) is 22.8 Å². The number of allylic oxidation sites excluding steroid dienone is 1. The van der Waals surface area contributed by atoms with E-state index in [0.29, 0.717) is 38.5 Å². The number of halogens is 1. The van der Waals surface area contributed by atoms with Gasteiger partial charge in [-0.15, -0.1) is 0 Å². The summed E-state index contributed by atoms with van der Waals surface area (Å²) in [6.45, 7) is 5.68. The number of aryl methyl sites for hydroxylation is 1. The molecule has 3 aliphatic heterocycles. The third kappa shape index (κ3) is 5.56. The molecular weight excluding hydrogens is 576 g/mol. The van der Waals surface area contributed by atoms with Crippen molar-refractivity contribution < 1.29 is 27.8 Å². The predicted molar refractivity (Wildman–Crippen MR) is 163 cm³/mol. The van der Waals surface area contributed by atoms with Crippen molar-refractivity contribution in [1.82, 2.24) is 4.72 Å². The number of anilines is 1. The van der Waals surface area contributed by atoms with Crippen LogP contribution in [0.5, 0.6) is 5.75 Å². The molecule has 0 radical (unpaired) electrons. The number of nitrogens with one attached hydrogen (secondary N) is 1.